The molecule has 3 rings (SSSR count). The first kappa shape index (κ1) is 10.7. The van der Waals surface area contributed by atoms with Crippen molar-refractivity contribution in [1.82, 2.24) is 0 Å². The van der Waals surface area contributed by atoms with Crippen LogP contribution in [0.2, 0.25) is 0 Å². The van der Waals surface area contributed by atoms with Gasteiger partial charge in [0.15, 0.2) is 0 Å². The molecule has 0 saturated carbocycles. The van der Waals surface area contributed by atoms with Crippen LogP contribution < -0.4 is 0 Å². The van der Waals surface area contributed by atoms with Crippen LogP contribution in [0, 0.1) is 5.92 Å². The van der Waals surface area contributed by atoms with Crippen molar-refractivity contribution in [3.8, 4) is 0 Å². The van der Waals surface area contributed by atoms with E-state index in [1.165, 1.54) is 19.3 Å². The predicted octanol–water partition coefficient (Wildman–Crippen LogP) is 0.245. The molecular weight excluding hydrogens is 205 g/mol. The highest BCUT2D eigenvalue weighted by atomic mass is 31.2. The third-order valence-electron chi connectivity index (χ3n) is 3.54. The molecule has 6 heteroatoms. The van der Waals surface area contributed by atoms with Gasteiger partial charge in [0, 0.05) is 0 Å². The molecule has 14 heavy (non-hydrogen) atoms. The molecule has 0 aromatic heterocycles. The molecular formula is C8H18NO4P+2. The summed E-state index contributed by atoms with van der Waals surface area (Å²) in [7, 11) is -4.04. The van der Waals surface area contributed by atoms with Gasteiger partial charge in [-0.25, -0.2) is 0 Å². The van der Waals surface area contributed by atoms with Crippen LogP contribution in [-0.2, 0) is 4.52 Å². The zero-order chi connectivity index (χ0) is 10.2. The fourth-order valence-corrected chi connectivity index (χ4v) is 2.93. The maximum Gasteiger partial charge on any atom is 0.573 e. The maximum absolute atomic E-state index is 8.76. The van der Waals surface area contributed by atoms with Gasteiger partial charge in [-0.1, -0.05) is 4.52 Å². The summed E-state index contributed by atoms with van der Waals surface area (Å²) in [6.45, 7) is 3.38. The van der Waals surface area contributed by atoms with E-state index < -0.39 is 8.17 Å². The number of rotatable bonds is 3. The number of fused-ring (bicyclic) bond motifs is 3. The summed E-state index contributed by atoms with van der Waals surface area (Å²) >= 11 is 0. The van der Waals surface area contributed by atoms with Crippen LogP contribution in [0.5, 0.6) is 0 Å². The lowest BCUT2D eigenvalue weighted by Gasteiger charge is -2.47. The van der Waals surface area contributed by atoms with E-state index in [1.54, 1.807) is 0 Å². The Morgan fingerprint density at radius 3 is 2.00 bits per heavy atom. The number of quaternary nitrogens is 1. The lowest BCUT2D eigenvalue weighted by atomic mass is 9.86. The standard InChI is InChI=1S/C8H18NO4P/c10-14(11,12)13-7-9-4-1-8(2-5-9)3-6-9/h8,10-12H,1-7H2/q+2. The van der Waals surface area contributed by atoms with E-state index in [1.807, 2.05) is 0 Å². The van der Waals surface area contributed by atoms with E-state index in [9.17, 15) is 0 Å². The molecule has 3 aliphatic heterocycles. The lowest BCUT2D eigenvalue weighted by molar-refractivity contribution is -0.956. The van der Waals surface area contributed by atoms with E-state index in [2.05, 4.69) is 0 Å². The highest BCUT2D eigenvalue weighted by Gasteiger charge is 2.44. The number of piperidine rings is 3. The molecule has 3 heterocycles. The monoisotopic (exact) mass is 223 g/mol. The maximum atomic E-state index is 8.76. The summed E-state index contributed by atoms with van der Waals surface area (Å²) in [6.07, 6.45) is 3.62. The van der Waals surface area contributed by atoms with E-state index in [-0.39, 0.29) is 6.73 Å². The lowest BCUT2D eigenvalue weighted by Crippen LogP contribution is -2.58. The van der Waals surface area contributed by atoms with Gasteiger partial charge in [-0.2, -0.15) is 14.7 Å². The first-order valence-electron chi connectivity index (χ1n) is 5.06. The molecule has 0 aliphatic carbocycles. The van der Waals surface area contributed by atoms with Gasteiger partial charge in [0.05, 0.1) is 19.6 Å². The molecule has 0 aromatic rings. The molecule has 3 saturated heterocycles. The molecule has 3 aliphatic rings. The fraction of sp³-hybridized carbons (Fsp3) is 1.00. The minimum Gasteiger partial charge on any atom is -0.298 e. The Balaban J connectivity index is 1.89. The molecule has 0 unspecified atom stereocenters. The Morgan fingerprint density at radius 1 is 1.07 bits per heavy atom. The molecule has 0 aromatic carbocycles. The van der Waals surface area contributed by atoms with E-state index in [0.717, 1.165) is 30.0 Å². The zero-order valence-corrected chi connectivity index (χ0v) is 9.07. The molecule has 2 bridgehead atoms. The summed E-state index contributed by atoms with van der Waals surface area (Å²) in [5, 5.41) is 0. The van der Waals surface area contributed by atoms with Crippen molar-refractivity contribution in [3.63, 3.8) is 0 Å². The molecule has 82 valence electrons. The van der Waals surface area contributed by atoms with Gasteiger partial charge in [0.1, 0.15) is 0 Å². The SMILES string of the molecule is O[P+](O)(O)OC[N+]12CCC(CC1)CC2. The van der Waals surface area contributed by atoms with Crippen LogP contribution in [-0.4, -0.2) is 45.5 Å². The first-order valence-corrected chi connectivity index (χ1v) is 6.63. The van der Waals surface area contributed by atoms with E-state index >= 15 is 0 Å². The van der Waals surface area contributed by atoms with Crippen molar-refractivity contribution in [1.29, 1.82) is 0 Å². The second-order valence-corrected chi connectivity index (χ2v) is 5.80. The Labute approximate surface area is 84.2 Å². The van der Waals surface area contributed by atoms with Gasteiger partial charge >= 0.3 is 8.17 Å². The van der Waals surface area contributed by atoms with Gasteiger partial charge in [0.25, 0.3) is 0 Å². The molecule has 0 spiro atoms. The highest BCUT2D eigenvalue weighted by Crippen LogP contribution is 2.47. The minimum atomic E-state index is -4.04. The zero-order valence-electron chi connectivity index (χ0n) is 8.17. The van der Waals surface area contributed by atoms with Gasteiger partial charge < -0.3 is 0 Å². The van der Waals surface area contributed by atoms with Gasteiger partial charge in [-0.05, 0) is 25.2 Å². The largest absolute Gasteiger partial charge is 0.573 e. The number of hydrogen-bond acceptors (Lipinski definition) is 4. The second-order valence-electron chi connectivity index (χ2n) is 4.52. The first-order chi connectivity index (χ1) is 6.49. The highest BCUT2D eigenvalue weighted by molar-refractivity contribution is 7.53. The van der Waals surface area contributed by atoms with E-state index in [0.29, 0.717) is 0 Å². The van der Waals surface area contributed by atoms with E-state index in [4.69, 9.17) is 19.2 Å². The predicted molar refractivity (Wildman–Crippen MR) is 51.7 cm³/mol. The van der Waals surface area contributed by atoms with Crippen molar-refractivity contribution in [2.75, 3.05) is 26.4 Å². The second kappa shape index (κ2) is 3.67. The summed E-state index contributed by atoms with van der Waals surface area (Å²) in [4.78, 5) is 26.3. The molecule has 0 amide bonds. The molecule has 0 radical (unpaired) electrons. The Morgan fingerprint density at radius 2 is 1.57 bits per heavy atom. The molecule has 5 nitrogen and oxygen atoms in total. The normalized spacial score (nSPS) is 37.5. The van der Waals surface area contributed by atoms with Crippen LogP contribution in [0.25, 0.3) is 0 Å². The van der Waals surface area contributed by atoms with Crippen molar-refractivity contribution < 1.29 is 23.7 Å². The summed E-state index contributed by atoms with van der Waals surface area (Å²) in [6, 6.07) is 0. The van der Waals surface area contributed by atoms with Crippen molar-refractivity contribution in [3.05, 3.63) is 0 Å². The van der Waals surface area contributed by atoms with Crippen LogP contribution in [0.15, 0.2) is 0 Å². The smallest absolute Gasteiger partial charge is 0.298 e. The summed E-state index contributed by atoms with van der Waals surface area (Å²) in [5.41, 5.74) is 0. The van der Waals surface area contributed by atoms with Crippen LogP contribution in [0.4, 0.5) is 0 Å². The average Bonchev–Trinajstić information content (AvgIpc) is 2.17. The van der Waals surface area contributed by atoms with Gasteiger partial charge in [0.2, 0.25) is 6.73 Å². The quantitative estimate of drug-likeness (QED) is 0.473. The number of nitrogens with zero attached hydrogens (tertiary/aromatic N) is 1. The van der Waals surface area contributed by atoms with Gasteiger partial charge in [-0.3, -0.25) is 4.48 Å². The Kier molecular flexibility index (Phi) is 2.81. The van der Waals surface area contributed by atoms with Crippen molar-refractivity contribution in [2.24, 2.45) is 5.92 Å². The van der Waals surface area contributed by atoms with Crippen molar-refractivity contribution in [2.45, 2.75) is 19.3 Å². The fourth-order valence-electron chi connectivity index (χ4n) is 2.53. The topological polar surface area (TPSA) is 69.9 Å². The summed E-state index contributed by atoms with van der Waals surface area (Å²) < 4.78 is 5.53. The molecule has 0 atom stereocenters. The Bertz CT molecular complexity index is 196. The molecule has 3 N–H and O–H groups in total. The third-order valence-corrected chi connectivity index (χ3v) is 4.00. The van der Waals surface area contributed by atoms with Gasteiger partial charge in [-0.15, -0.1) is 0 Å². The van der Waals surface area contributed by atoms with Crippen LogP contribution in [0.1, 0.15) is 19.3 Å². The molecule has 3 fully saturated rings. The van der Waals surface area contributed by atoms with Crippen molar-refractivity contribution >= 4 is 8.17 Å². The van der Waals surface area contributed by atoms with Crippen LogP contribution in [0.3, 0.4) is 0 Å². The van der Waals surface area contributed by atoms with Crippen LogP contribution >= 0.6 is 8.17 Å². The average molecular weight is 223 g/mol. The number of hydrogen-bond donors (Lipinski definition) is 3. The minimum absolute atomic E-state index is 0.240. The summed E-state index contributed by atoms with van der Waals surface area (Å²) in [5.74, 6) is 0.868. The third kappa shape index (κ3) is 2.42. The Hall–Kier alpha value is 0.230.